The lowest BCUT2D eigenvalue weighted by molar-refractivity contribution is -0.137. The molecule has 3 aromatic rings. The molecule has 3 rings (SSSR count). The van der Waals surface area contributed by atoms with Crippen molar-refractivity contribution in [2.75, 3.05) is 6.61 Å². The van der Waals surface area contributed by atoms with E-state index < -0.39 is 11.9 Å². The minimum atomic E-state index is -0.515. The van der Waals surface area contributed by atoms with Gasteiger partial charge in [0.05, 0.1) is 29.4 Å². The number of nitrogens with zero attached hydrogens (tertiary/aromatic N) is 4. The summed E-state index contributed by atoms with van der Waals surface area (Å²) in [6, 6.07) is 19.8. The molecule has 0 spiro atoms. The molecule has 0 aliphatic heterocycles. The number of carbonyl (C=O) groups excluding carboxylic acids is 2. The molecule has 0 radical (unpaired) electrons. The predicted molar refractivity (Wildman–Crippen MR) is 133 cm³/mol. The second-order valence-electron chi connectivity index (χ2n) is 7.28. The van der Waals surface area contributed by atoms with Crippen molar-refractivity contribution in [1.82, 2.24) is 0 Å². The van der Waals surface area contributed by atoms with E-state index in [0.29, 0.717) is 34.9 Å². The van der Waals surface area contributed by atoms with Crippen LogP contribution in [0.25, 0.3) is 0 Å². The lowest BCUT2D eigenvalue weighted by atomic mass is 10.1. The molecule has 3 aromatic carbocycles. The van der Waals surface area contributed by atoms with Crippen LogP contribution in [0.1, 0.15) is 11.1 Å². The average Bonchev–Trinajstić information content (AvgIpc) is 2.88. The minimum Gasteiger partial charge on any atom is -0.462 e. The second kappa shape index (κ2) is 12.5. The van der Waals surface area contributed by atoms with Crippen LogP contribution in [-0.4, -0.2) is 18.5 Å². The van der Waals surface area contributed by atoms with E-state index in [1.165, 1.54) is 0 Å². The van der Waals surface area contributed by atoms with Gasteiger partial charge in [-0.15, -0.1) is 0 Å². The van der Waals surface area contributed by atoms with E-state index in [1.54, 1.807) is 42.5 Å². The molecule has 0 aromatic heterocycles. The minimum absolute atomic E-state index is 0.272. The van der Waals surface area contributed by atoms with Crippen LogP contribution in [0, 0.1) is 6.92 Å². The summed E-state index contributed by atoms with van der Waals surface area (Å²) in [7, 11) is 0. The summed E-state index contributed by atoms with van der Waals surface area (Å²) in [5.41, 5.74) is 4.38. The van der Waals surface area contributed by atoms with Gasteiger partial charge >= 0.3 is 11.9 Å². The van der Waals surface area contributed by atoms with Gasteiger partial charge in [-0.2, -0.15) is 20.5 Å². The van der Waals surface area contributed by atoms with Crippen molar-refractivity contribution in [3.8, 4) is 5.75 Å². The maximum absolute atomic E-state index is 11.4. The van der Waals surface area contributed by atoms with Gasteiger partial charge in [0, 0.05) is 18.6 Å². The first-order valence-corrected chi connectivity index (χ1v) is 10.7. The zero-order chi connectivity index (χ0) is 25.0. The first-order chi connectivity index (χ1) is 17.0. The third kappa shape index (κ3) is 7.97. The normalized spacial score (nSPS) is 10.9. The molecule has 8 nitrogen and oxygen atoms in total. The fourth-order valence-corrected chi connectivity index (χ4v) is 2.88. The van der Waals surface area contributed by atoms with E-state index in [-0.39, 0.29) is 6.61 Å². The molecule has 35 heavy (non-hydrogen) atoms. The highest BCUT2D eigenvalue weighted by Gasteiger charge is 2.05. The van der Waals surface area contributed by atoms with Crippen molar-refractivity contribution in [2.45, 2.75) is 13.3 Å². The number of hydrogen-bond acceptors (Lipinski definition) is 8. The SMILES string of the molecule is C=CC(=O)OCCc1cccc(/N=N/c2ccc(/N=N/c3ccc(OC(=O)C=C)c(C)c3)cc2)c1. The summed E-state index contributed by atoms with van der Waals surface area (Å²) in [6.45, 7) is 8.84. The van der Waals surface area contributed by atoms with Crippen LogP contribution < -0.4 is 4.74 Å². The van der Waals surface area contributed by atoms with E-state index in [0.717, 1.165) is 23.3 Å². The van der Waals surface area contributed by atoms with E-state index in [1.807, 2.05) is 31.2 Å². The highest BCUT2D eigenvalue weighted by molar-refractivity contribution is 5.83. The van der Waals surface area contributed by atoms with Gasteiger partial charge in [-0.1, -0.05) is 25.3 Å². The molecule has 0 saturated heterocycles. The van der Waals surface area contributed by atoms with Crippen LogP contribution in [0.15, 0.2) is 112 Å². The largest absolute Gasteiger partial charge is 0.462 e. The van der Waals surface area contributed by atoms with Gasteiger partial charge in [0.2, 0.25) is 0 Å². The molecule has 176 valence electrons. The van der Waals surface area contributed by atoms with Crippen LogP contribution in [-0.2, 0) is 20.7 Å². The molecular weight excluding hydrogens is 444 g/mol. The molecular formula is C27H24N4O4. The summed E-state index contributed by atoms with van der Waals surface area (Å²) in [6.07, 6.45) is 2.82. The Balaban J connectivity index is 1.59. The Morgan fingerprint density at radius 2 is 1.34 bits per heavy atom. The zero-order valence-corrected chi connectivity index (χ0v) is 19.3. The van der Waals surface area contributed by atoms with Crippen molar-refractivity contribution >= 4 is 34.7 Å². The molecule has 0 amide bonds. The summed E-state index contributed by atoms with van der Waals surface area (Å²) in [5.74, 6) is -0.507. The first-order valence-electron chi connectivity index (χ1n) is 10.7. The lowest BCUT2D eigenvalue weighted by Gasteiger charge is -2.05. The highest BCUT2D eigenvalue weighted by Crippen LogP contribution is 2.27. The monoisotopic (exact) mass is 468 g/mol. The summed E-state index contributed by atoms with van der Waals surface area (Å²) < 4.78 is 10.2. The van der Waals surface area contributed by atoms with Crippen molar-refractivity contribution in [3.63, 3.8) is 0 Å². The van der Waals surface area contributed by atoms with Crippen LogP contribution in [0.4, 0.5) is 22.7 Å². The average molecular weight is 469 g/mol. The van der Waals surface area contributed by atoms with Gasteiger partial charge < -0.3 is 9.47 Å². The predicted octanol–water partition coefficient (Wildman–Crippen LogP) is 7.19. The van der Waals surface area contributed by atoms with Crippen LogP contribution in [0.2, 0.25) is 0 Å². The summed E-state index contributed by atoms with van der Waals surface area (Å²) >= 11 is 0. The number of rotatable bonds is 10. The number of carbonyl (C=O) groups is 2. The Labute approximate surface area is 203 Å². The smallest absolute Gasteiger partial charge is 0.335 e. The maximum Gasteiger partial charge on any atom is 0.335 e. The molecule has 8 heteroatoms. The Bertz CT molecular complexity index is 1280. The number of esters is 2. The van der Waals surface area contributed by atoms with Crippen LogP contribution in [0.3, 0.4) is 0 Å². The van der Waals surface area contributed by atoms with Gasteiger partial charge in [-0.25, -0.2) is 9.59 Å². The van der Waals surface area contributed by atoms with Crippen molar-refractivity contribution < 1.29 is 19.1 Å². The quantitative estimate of drug-likeness (QED) is 0.136. The Morgan fingerprint density at radius 3 is 1.94 bits per heavy atom. The topological polar surface area (TPSA) is 102 Å². The molecule has 0 unspecified atom stereocenters. The molecule has 0 aliphatic rings. The summed E-state index contributed by atoms with van der Waals surface area (Å²) in [4.78, 5) is 22.5. The lowest BCUT2D eigenvalue weighted by Crippen LogP contribution is -2.04. The Morgan fingerprint density at radius 1 is 0.771 bits per heavy atom. The molecule has 0 bridgehead atoms. The maximum atomic E-state index is 11.4. The molecule has 0 N–H and O–H groups in total. The standard InChI is InChI=1S/C27H24N4O4/c1-4-26(32)34-16-15-20-7-6-8-23(18-20)30-28-21-9-11-22(12-10-21)29-31-24-13-14-25(19(3)17-24)35-27(33)5-2/h4-14,17-18H,1-2,15-16H2,3H3/b30-28+,31-29+. The van der Waals surface area contributed by atoms with Crippen LogP contribution in [0.5, 0.6) is 5.75 Å². The molecule has 0 atom stereocenters. The van der Waals surface area contributed by atoms with Crippen molar-refractivity contribution in [3.05, 3.63) is 103 Å². The molecule has 0 fully saturated rings. The second-order valence-corrected chi connectivity index (χ2v) is 7.28. The number of aryl methyl sites for hydroxylation is 1. The number of hydrogen-bond donors (Lipinski definition) is 0. The third-order valence-corrected chi connectivity index (χ3v) is 4.66. The molecule has 0 heterocycles. The van der Waals surface area contributed by atoms with Crippen molar-refractivity contribution in [2.24, 2.45) is 20.5 Å². The Kier molecular flexibility index (Phi) is 8.90. The summed E-state index contributed by atoms with van der Waals surface area (Å²) in [5, 5.41) is 17.0. The van der Waals surface area contributed by atoms with Gasteiger partial charge in [0.1, 0.15) is 5.75 Å². The van der Waals surface area contributed by atoms with Crippen molar-refractivity contribution in [1.29, 1.82) is 0 Å². The van der Waals surface area contributed by atoms with Gasteiger partial charge in [0.15, 0.2) is 0 Å². The number of ether oxygens (including phenoxy) is 2. The zero-order valence-electron chi connectivity index (χ0n) is 19.3. The van der Waals surface area contributed by atoms with Crippen LogP contribution >= 0.6 is 0 Å². The van der Waals surface area contributed by atoms with E-state index in [2.05, 4.69) is 33.6 Å². The number of benzene rings is 3. The van der Waals surface area contributed by atoms with Gasteiger partial charge in [-0.3, -0.25) is 0 Å². The molecule has 0 aliphatic carbocycles. The van der Waals surface area contributed by atoms with Gasteiger partial charge in [-0.05, 0) is 72.6 Å². The third-order valence-electron chi connectivity index (χ3n) is 4.66. The number of azo groups is 2. The van der Waals surface area contributed by atoms with E-state index >= 15 is 0 Å². The first kappa shape index (κ1) is 24.9. The molecule has 0 saturated carbocycles. The van der Waals surface area contributed by atoms with E-state index in [9.17, 15) is 9.59 Å². The van der Waals surface area contributed by atoms with E-state index in [4.69, 9.17) is 9.47 Å². The fraction of sp³-hybridized carbons (Fsp3) is 0.111. The van der Waals surface area contributed by atoms with Gasteiger partial charge in [0.25, 0.3) is 0 Å². The fourth-order valence-electron chi connectivity index (χ4n) is 2.88. The Hall–Kier alpha value is -4.72. The highest BCUT2D eigenvalue weighted by atomic mass is 16.5.